The monoisotopic (exact) mass is 702 g/mol. The second-order valence-electron chi connectivity index (χ2n) is 10.9. The fraction of sp³-hybridized carbons (Fsp3) is 0.538. The molecule has 1 aromatic rings. The molecule has 248 valence electrons. The molecule has 44 heavy (non-hydrogen) atoms. The quantitative estimate of drug-likeness (QED) is 0.0963. The van der Waals surface area contributed by atoms with E-state index in [0.29, 0.717) is 11.3 Å². The maximum absolute atomic E-state index is 12.3. The summed E-state index contributed by atoms with van der Waals surface area (Å²) >= 11 is 4.58. The Balaban J connectivity index is 0. The Hall–Kier alpha value is -2.88. The summed E-state index contributed by atoms with van der Waals surface area (Å²) in [5.74, 6) is -7.69. The van der Waals surface area contributed by atoms with Gasteiger partial charge in [0, 0.05) is 17.0 Å². The van der Waals surface area contributed by atoms with Crippen LogP contribution in [0.5, 0.6) is 0 Å². The highest BCUT2D eigenvalue weighted by molar-refractivity contribution is 7.78. The molecule has 1 aliphatic rings. The minimum absolute atomic E-state index is 0. The molecular weight excluding hydrogens is 667 g/mol. The van der Waals surface area contributed by atoms with Crippen LogP contribution in [0, 0.1) is 10.8 Å². The standard InChI is InChI=1S/C26H34N4O10S.3ClH/c27-16(7-15-1-3-17(4-2-15)30-14-41)8-23(9-18(31)32)5-6-25(28,12-21(37)38)26(29,13-22(39)40)24(23,10-19(33)34)11-20(35)36;;;/h1-4,16H,5-13,27-29H2,(H,31,32)(H,33,34)(H,35,36)(H,37,38)(H,39,40);3*1H/t16-,23+,25+,26+;;;/m1.../s1. The SMILES string of the molecule is Cl.Cl.Cl.N[C@H](Cc1ccc(N=C=S)cc1)C[C@]1(CC(=O)O)CC[C@](N)(CC(=O)O)[C@](N)(CC(=O)O)C1(CC(=O)O)CC(=O)O. The lowest BCUT2D eigenvalue weighted by Crippen LogP contribution is -2.81. The number of carboxylic acids is 5. The summed E-state index contributed by atoms with van der Waals surface area (Å²) in [6.45, 7) is 0. The van der Waals surface area contributed by atoms with Gasteiger partial charge in [0.1, 0.15) is 0 Å². The molecule has 0 unspecified atom stereocenters. The van der Waals surface area contributed by atoms with E-state index >= 15 is 0 Å². The number of hydrogen-bond acceptors (Lipinski definition) is 10. The first-order valence-corrected chi connectivity index (χ1v) is 12.9. The number of nitrogens with two attached hydrogens (primary N) is 3. The molecule has 18 heteroatoms. The van der Waals surface area contributed by atoms with Crippen LogP contribution in [-0.2, 0) is 30.4 Å². The molecule has 1 aliphatic carbocycles. The molecule has 2 rings (SSSR count). The third-order valence-electron chi connectivity index (χ3n) is 8.36. The van der Waals surface area contributed by atoms with E-state index in [1.807, 2.05) is 0 Å². The molecule has 0 amide bonds. The number of aliphatic carboxylic acids is 5. The van der Waals surface area contributed by atoms with Gasteiger partial charge in [-0.1, -0.05) is 12.1 Å². The van der Waals surface area contributed by atoms with Gasteiger partial charge in [0.2, 0.25) is 0 Å². The van der Waals surface area contributed by atoms with Crippen LogP contribution in [0.25, 0.3) is 0 Å². The zero-order chi connectivity index (χ0) is 31.2. The van der Waals surface area contributed by atoms with E-state index in [9.17, 15) is 49.5 Å². The molecular formula is C26H37Cl3N4O10S. The van der Waals surface area contributed by atoms with Gasteiger partial charge in [0.15, 0.2) is 0 Å². The van der Waals surface area contributed by atoms with Gasteiger partial charge >= 0.3 is 29.8 Å². The Morgan fingerprint density at radius 1 is 0.773 bits per heavy atom. The molecule has 14 nitrogen and oxygen atoms in total. The summed E-state index contributed by atoms with van der Waals surface area (Å²) in [5, 5.41) is 51.7. The van der Waals surface area contributed by atoms with E-state index in [2.05, 4.69) is 22.4 Å². The number of carbonyl (C=O) groups is 5. The van der Waals surface area contributed by atoms with Gasteiger partial charge in [-0.3, -0.25) is 24.0 Å². The number of aliphatic imine (C=N–C) groups is 1. The van der Waals surface area contributed by atoms with E-state index in [4.69, 9.17) is 17.2 Å². The van der Waals surface area contributed by atoms with E-state index < -0.39 is 89.9 Å². The van der Waals surface area contributed by atoms with Crippen molar-refractivity contribution in [2.45, 2.75) is 74.9 Å². The Morgan fingerprint density at radius 2 is 1.23 bits per heavy atom. The molecule has 1 saturated carbocycles. The Kier molecular flexibility index (Phi) is 16.7. The molecule has 0 saturated heterocycles. The van der Waals surface area contributed by atoms with Crippen molar-refractivity contribution in [1.29, 1.82) is 0 Å². The maximum atomic E-state index is 12.3. The number of carboxylic acid groups (broad SMARTS) is 5. The van der Waals surface area contributed by atoms with Crippen LogP contribution in [-0.4, -0.2) is 77.7 Å². The zero-order valence-electron chi connectivity index (χ0n) is 23.3. The minimum Gasteiger partial charge on any atom is -0.481 e. The van der Waals surface area contributed by atoms with Crippen LogP contribution in [0.2, 0.25) is 0 Å². The molecule has 0 bridgehead atoms. The Labute approximate surface area is 276 Å². The summed E-state index contributed by atoms with van der Waals surface area (Å²) in [7, 11) is 0. The van der Waals surface area contributed by atoms with Crippen molar-refractivity contribution in [3.05, 3.63) is 29.8 Å². The van der Waals surface area contributed by atoms with Crippen molar-refractivity contribution >= 4 is 90.1 Å². The molecule has 4 atom stereocenters. The summed E-state index contributed by atoms with van der Waals surface area (Å²) in [4.78, 5) is 64.8. The van der Waals surface area contributed by atoms with Crippen molar-refractivity contribution in [2.75, 3.05) is 0 Å². The fourth-order valence-electron chi connectivity index (χ4n) is 6.80. The van der Waals surface area contributed by atoms with Crippen LogP contribution < -0.4 is 17.2 Å². The normalized spacial score (nSPS) is 24.1. The third kappa shape index (κ3) is 9.31. The number of halogens is 3. The van der Waals surface area contributed by atoms with E-state index in [0.717, 1.165) is 0 Å². The molecule has 0 radical (unpaired) electrons. The summed E-state index contributed by atoms with van der Waals surface area (Å²) < 4.78 is 0. The van der Waals surface area contributed by atoms with Crippen LogP contribution in [0.4, 0.5) is 5.69 Å². The molecule has 11 N–H and O–H groups in total. The summed E-state index contributed by atoms with van der Waals surface area (Å²) in [6, 6.07) is 5.77. The zero-order valence-corrected chi connectivity index (χ0v) is 26.6. The highest BCUT2D eigenvalue weighted by Crippen LogP contribution is 2.66. The van der Waals surface area contributed by atoms with Gasteiger partial charge in [-0.2, -0.15) is 4.99 Å². The first kappa shape index (κ1) is 43.2. The van der Waals surface area contributed by atoms with Gasteiger partial charge in [0.05, 0.1) is 48.5 Å². The van der Waals surface area contributed by atoms with E-state index in [1.165, 1.54) is 0 Å². The molecule has 0 aliphatic heterocycles. The maximum Gasteiger partial charge on any atom is 0.305 e. The molecule has 0 spiro atoms. The van der Waals surface area contributed by atoms with Crippen molar-refractivity contribution in [1.82, 2.24) is 0 Å². The van der Waals surface area contributed by atoms with Crippen LogP contribution in [0.1, 0.15) is 56.9 Å². The topological polar surface area (TPSA) is 277 Å². The summed E-state index contributed by atoms with van der Waals surface area (Å²) in [6.07, 6.45) is -5.75. The lowest BCUT2D eigenvalue weighted by molar-refractivity contribution is -0.189. The number of hydrogen-bond donors (Lipinski definition) is 8. The van der Waals surface area contributed by atoms with Gasteiger partial charge < -0.3 is 42.7 Å². The molecule has 0 heterocycles. The van der Waals surface area contributed by atoms with Gasteiger partial charge in [0.25, 0.3) is 0 Å². The van der Waals surface area contributed by atoms with E-state index in [1.54, 1.807) is 24.3 Å². The smallest absolute Gasteiger partial charge is 0.305 e. The number of rotatable bonds is 15. The molecule has 1 fully saturated rings. The Morgan fingerprint density at radius 3 is 1.64 bits per heavy atom. The van der Waals surface area contributed by atoms with Gasteiger partial charge in [-0.15, -0.1) is 37.2 Å². The van der Waals surface area contributed by atoms with Crippen molar-refractivity contribution in [3.63, 3.8) is 0 Å². The van der Waals surface area contributed by atoms with Crippen LogP contribution >= 0.6 is 49.4 Å². The van der Waals surface area contributed by atoms with Crippen molar-refractivity contribution in [3.8, 4) is 0 Å². The van der Waals surface area contributed by atoms with Crippen LogP contribution in [0.3, 0.4) is 0 Å². The average molecular weight is 704 g/mol. The Bertz CT molecular complexity index is 1250. The number of isothiocyanates is 1. The number of thiocarbonyl (C=S) groups is 1. The average Bonchev–Trinajstić information content (AvgIpc) is 2.80. The first-order chi connectivity index (χ1) is 18.9. The van der Waals surface area contributed by atoms with Crippen molar-refractivity contribution in [2.24, 2.45) is 33.0 Å². The second-order valence-corrected chi connectivity index (χ2v) is 11.1. The minimum atomic E-state index is -2.49. The third-order valence-corrected chi connectivity index (χ3v) is 8.45. The highest BCUT2D eigenvalue weighted by Gasteiger charge is 2.72. The largest absolute Gasteiger partial charge is 0.481 e. The predicted molar refractivity (Wildman–Crippen MR) is 168 cm³/mol. The number of benzene rings is 1. The molecule has 1 aromatic carbocycles. The van der Waals surface area contributed by atoms with Crippen molar-refractivity contribution < 1.29 is 49.5 Å². The lowest BCUT2D eigenvalue weighted by atomic mass is 9.38. The fourth-order valence-corrected chi connectivity index (χ4v) is 6.90. The van der Waals surface area contributed by atoms with E-state index in [-0.39, 0.29) is 62.9 Å². The molecule has 0 aromatic heterocycles. The first-order valence-electron chi connectivity index (χ1n) is 12.5. The van der Waals surface area contributed by atoms with Crippen LogP contribution in [0.15, 0.2) is 29.3 Å². The second kappa shape index (κ2) is 17.0. The lowest BCUT2D eigenvalue weighted by Gasteiger charge is -2.67. The van der Waals surface area contributed by atoms with Gasteiger partial charge in [-0.05, 0) is 61.0 Å². The number of nitrogens with zero attached hydrogens (tertiary/aromatic N) is 1. The predicted octanol–water partition coefficient (Wildman–Crippen LogP) is 2.48. The van der Waals surface area contributed by atoms with Gasteiger partial charge in [-0.25, -0.2) is 0 Å². The highest BCUT2D eigenvalue weighted by atomic mass is 35.5. The summed E-state index contributed by atoms with van der Waals surface area (Å²) in [5.41, 5.74) is 12.2.